The molecule has 0 heterocycles. The fourth-order valence-corrected chi connectivity index (χ4v) is 2.68. The quantitative estimate of drug-likeness (QED) is 0.726. The minimum Gasteiger partial charge on any atom is -0.459 e. The van der Waals surface area contributed by atoms with Crippen molar-refractivity contribution < 1.29 is 30.2 Å². The van der Waals surface area contributed by atoms with E-state index in [0.29, 0.717) is 0 Å². The molecule has 0 atom stereocenters. The molecule has 0 bridgehead atoms. The molecule has 0 fully saturated rings. The van der Waals surface area contributed by atoms with E-state index in [1.54, 1.807) is 20.8 Å². The van der Waals surface area contributed by atoms with Crippen LogP contribution in [0.5, 0.6) is 5.75 Å². The average molecular weight is 408 g/mol. The summed E-state index contributed by atoms with van der Waals surface area (Å²) in [6.45, 7) is 1.31. The van der Waals surface area contributed by atoms with Gasteiger partial charge in [0.2, 0.25) is 12.6 Å². The zero-order chi connectivity index (χ0) is 19.9. The third-order valence-corrected chi connectivity index (χ3v) is 3.45. The van der Waals surface area contributed by atoms with Gasteiger partial charge in [-0.1, -0.05) is 0 Å². The summed E-state index contributed by atoms with van der Waals surface area (Å²) in [5.74, 6) is -3.83. The van der Waals surface area contributed by atoms with Crippen LogP contribution in [-0.4, -0.2) is 18.5 Å². The molecule has 130 valence electrons. The first-order valence-corrected chi connectivity index (χ1v) is 7.55. The number of carbonyl (C=O) groups is 1. The number of benzene rings is 2. The Kier molecular flexibility index (Phi) is 4.46. The van der Waals surface area contributed by atoms with Gasteiger partial charge in [0.15, 0.2) is 11.6 Å². The van der Waals surface area contributed by atoms with Gasteiger partial charge < -0.3 is 9.47 Å². The molecule has 24 heavy (non-hydrogen) atoms. The van der Waals surface area contributed by atoms with Crippen molar-refractivity contribution in [3.63, 3.8) is 0 Å². The Balaban J connectivity index is 2.51. The van der Waals surface area contributed by atoms with Gasteiger partial charge in [0.25, 0.3) is 0 Å². The number of hydrogen-bond acceptors (Lipinski definition) is 3. The summed E-state index contributed by atoms with van der Waals surface area (Å²) < 4.78 is 64.1. The molecule has 0 spiro atoms. The minimum atomic E-state index is -3.71. The lowest BCUT2D eigenvalue weighted by atomic mass is 10.1. The molecule has 2 aromatic carbocycles. The first kappa shape index (κ1) is 15.6. The maximum absolute atomic E-state index is 14.0. The molecule has 8 heteroatoms. The molecule has 4 nitrogen and oxygen atoms in total. The van der Waals surface area contributed by atoms with Crippen LogP contribution in [-0.2, 0) is 4.74 Å². The van der Waals surface area contributed by atoms with Gasteiger partial charge in [-0.05, 0) is 60.3 Å². The number of hydrogen-bond donors (Lipinski definition) is 1. The van der Waals surface area contributed by atoms with Crippen LogP contribution in [0.2, 0.25) is 0 Å². The van der Waals surface area contributed by atoms with Crippen molar-refractivity contribution in [3.05, 3.63) is 34.3 Å². The molecule has 0 aliphatic rings. The SMILES string of the molecule is [2H]C([2H])(F)Oc1c(F)c(F)cc2cc(NC(=O)OC(C)(C)C)cc(Br)c12. The molecule has 0 aromatic heterocycles. The maximum atomic E-state index is 14.0. The summed E-state index contributed by atoms with van der Waals surface area (Å²) in [4.78, 5) is 11.8. The summed E-state index contributed by atoms with van der Waals surface area (Å²) in [6, 6.07) is 3.44. The molecule has 0 saturated heterocycles. The standard InChI is InChI=1S/C16H15BrF3NO3/c1-16(2,3)24-15(22)21-9-4-8-5-11(19)13(20)14(23-7-18)12(8)10(17)6-9/h4-6H,7H2,1-3H3,(H,21,22)/i7D2. The fourth-order valence-electron chi connectivity index (χ4n) is 2.03. The van der Waals surface area contributed by atoms with Gasteiger partial charge in [-0.15, -0.1) is 0 Å². The molecule has 1 N–H and O–H groups in total. The molecule has 0 aliphatic heterocycles. The number of rotatable bonds is 3. The van der Waals surface area contributed by atoms with Gasteiger partial charge in [0.05, 0.1) is 0 Å². The second-order valence-electron chi connectivity index (χ2n) is 5.86. The number of alkyl halides is 1. The van der Waals surface area contributed by atoms with Gasteiger partial charge in [0.1, 0.15) is 8.34 Å². The fraction of sp³-hybridized carbons (Fsp3) is 0.312. The zero-order valence-corrected chi connectivity index (χ0v) is 14.6. The first-order valence-electron chi connectivity index (χ1n) is 7.76. The average Bonchev–Trinajstić information content (AvgIpc) is 2.39. The van der Waals surface area contributed by atoms with Gasteiger partial charge >= 0.3 is 6.09 Å². The van der Waals surface area contributed by atoms with E-state index >= 15 is 0 Å². The van der Waals surface area contributed by atoms with Crippen LogP contribution in [0.15, 0.2) is 22.7 Å². The Labute approximate surface area is 147 Å². The van der Waals surface area contributed by atoms with Crippen LogP contribution in [0.25, 0.3) is 10.8 Å². The number of fused-ring (bicyclic) bond motifs is 1. The highest BCUT2D eigenvalue weighted by molar-refractivity contribution is 9.10. The van der Waals surface area contributed by atoms with Gasteiger partial charge in [-0.25, -0.2) is 13.6 Å². The Morgan fingerprint density at radius 1 is 1.33 bits per heavy atom. The molecule has 0 saturated carbocycles. The lowest BCUT2D eigenvalue weighted by Gasteiger charge is -2.20. The number of nitrogens with one attached hydrogen (secondary N) is 1. The van der Waals surface area contributed by atoms with Gasteiger partial charge in [-0.2, -0.15) is 4.39 Å². The third kappa shape index (κ3) is 4.11. The first-order chi connectivity index (χ1) is 11.8. The van der Waals surface area contributed by atoms with Crippen molar-refractivity contribution in [1.82, 2.24) is 0 Å². The van der Waals surface area contributed by atoms with E-state index in [9.17, 15) is 18.0 Å². The van der Waals surface area contributed by atoms with Crippen LogP contribution in [0.3, 0.4) is 0 Å². The monoisotopic (exact) mass is 407 g/mol. The number of anilines is 1. The summed E-state index contributed by atoms with van der Waals surface area (Å²) in [5, 5.41) is 2.38. The Morgan fingerprint density at radius 2 is 2.00 bits per heavy atom. The third-order valence-electron chi connectivity index (χ3n) is 2.82. The van der Waals surface area contributed by atoms with Crippen molar-refractivity contribution >= 4 is 38.5 Å². The number of halogens is 4. The van der Waals surface area contributed by atoms with Crippen molar-refractivity contribution in [1.29, 1.82) is 0 Å². The van der Waals surface area contributed by atoms with E-state index in [4.69, 9.17) is 7.48 Å². The maximum Gasteiger partial charge on any atom is 0.412 e. The molecular weight excluding hydrogens is 391 g/mol. The predicted molar refractivity (Wildman–Crippen MR) is 88.0 cm³/mol. The van der Waals surface area contributed by atoms with E-state index in [2.05, 4.69) is 26.0 Å². The predicted octanol–water partition coefficient (Wildman–Crippen LogP) is 5.53. The minimum absolute atomic E-state index is 0.0450. The molecule has 2 aromatic rings. The molecule has 2 rings (SSSR count). The molecule has 1 amide bonds. The zero-order valence-electron chi connectivity index (χ0n) is 15.0. The van der Waals surface area contributed by atoms with E-state index in [1.165, 1.54) is 12.1 Å². The van der Waals surface area contributed by atoms with E-state index in [0.717, 1.165) is 6.07 Å². The van der Waals surface area contributed by atoms with Crippen molar-refractivity contribution in [2.75, 3.05) is 12.1 Å². The summed E-state index contributed by atoms with van der Waals surface area (Å²) >= 11 is 3.11. The Bertz CT molecular complexity index is 867. The van der Waals surface area contributed by atoms with Crippen molar-refractivity contribution in [2.24, 2.45) is 0 Å². The molecule has 0 radical (unpaired) electrons. The lowest BCUT2D eigenvalue weighted by molar-refractivity contribution is 0.0636. The highest BCUT2D eigenvalue weighted by Crippen LogP contribution is 2.38. The van der Waals surface area contributed by atoms with Crippen molar-refractivity contribution in [2.45, 2.75) is 26.4 Å². The van der Waals surface area contributed by atoms with Crippen LogP contribution in [0.1, 0.15) is 23.5 Å². The highest BCUT2D eigenvalue weighted by atomic mass is 79.9. The van der Waals surface area contributed by atoms with Crippen LogP contribution >= 0.6 is 15.9 Å². The second-order valence-corrected chi connectivity index (χ2v) is 6.72. The normalized spacial score (nSPS) is 13.3. The highest BCUT2D eigenvalue weighted by Gasteiger charge is 2.20. The molecule has 0 unspecified atom stereocenters. The van der Waals surface area contributed by atoms with Crippen LogP contribution in [0, 0.1) is 11.6 Å². The van der Waals surface area contributed by atoms with Crippen molar-refractivity contribution in [3.8, 4) is 5.75 Å². The van der Waals surface area contributed by atoms with E-state index in [-0.39, 0.29) is 20.9 Å². The molecular formula is C16H15BrF3NO3. The summed E-state index contributed by atoms with van der Waals surface area (Å²) in [5.41, 5.74) is -0.542. The second kappa shape index (κ2) is 6.88. The lowest BCUT2D eigenvalue weighted by Crippen LogP contribution is -2.27. The largest absolute Gasteiger partial charge is 0.459 e. The van der Waals surface area contributed by atoms with Gasteiger partial charge in [0, 0.05) is 15.5 Å². The van der Waals surface area contributed by atoms with Crippen LogP contribution in [0.4, 0.5) is 23.7 Å². The van der Waals surface area contributed by atoms with E-state index < -0.39 is 35.9 Å². The van der Waals surface area contributed by atoms with Crippen LogP contribution < -0.4 is 10.1 Å². The van der Waals surface area contributed by atoms with Gasteiger partial charge in [-0.3, -0.25) is 5.32 Å². The molecule has 0 aliphatic carbocycles. The topological polar surface area (TPSA) is 47.6 Å². The summed E-state index contributed by atoms with van der Waals surface area (Å²) in [7, 11) is 0. The van der Waals surface area contributed by atoms with E-state index in [1.807, 2.05) is 0 Å². The summed E-state index contributed by atoms with van der Waals surface area (Å²) in [6.07, 6.45) is -0.761. The number of ether oxygens (including phenoxy) is 2. The number of carbonyl (C=O) groups excluding carboxylic acids is 1. The Morgan fingerprint density at radius 3 is 2.58 bits per heavy atom. The Hall–Kier alpha value is -1.96. The number of amides is 1. The smallest absolute Gasteiger partial charge is 0.412 e.